The first-order valence-corrected chi connectivity index (χ1v) is 3.88. The lowest BCUT2D eigenvalue weighted by molar-refractivity contribution is 0.680. The maximum Gasteiger partial charge on any atom is 0.0108 e. The van der Waals surface area contributed by atoms with Crippen LogP contribution in [0.4, 0.5) is 0 Å². The second-order valence-corrected chi connectivity index (χ2v) is 2.95. The molecule has 0 heterocycles. The highest BCUT2D eigenvalue weighted by Crippen LogP contribution is 2.08. The standard InChI is InChI=1S/C9H15N/c1-8-4-2-6-9(10)7-3-5-8/h2-5,8-9H,6-7,10H2,1H3. The van der Waals surface area contributed by atoms with E-state index in [2.05, 4.69) is 31.2 Å². The van der Waals surface area contributed by atoms with Crippen molar-refractivity contribution < 1.29 is 0 Å². The normalized spacial score (nSPS) is 33.4. The summed E-state index contributed by atoms with van der Waals surface area (Å²) in [6.07, 6.45) is 10.8. The van der Waals surface area contributed by atoms with Gasteiger partial charge in [0, 0.05) is 6.04 Å². The van der Waals surface area contributed by atoms with Crippen LogP contribution in [0.1, 0.15) is 19.8 Å². The molecule has 2 N–H and O–H groups in total. The molecule has 0 saturated carbocycles. The average molecular weight is 137 g/mol. The van der Waals surface area contributed by atoms with Crippen molar-refractivity contribution in [3.05, 3.63) is 24.3 Å². The van der Waals surface area contributed by atoms with Crippen LogP contribution in [-0.4, -0.2) is 6.04 Å². The molecule has 0 atom stereocenters. The Morgan fingerprint density at radius 3 is 2.20 bits per heavy atom. The van der Waals surface area contributed by atoms with Crippen LogP contribution in [0.5, 0.6) is 0 Å². The first-order chi connectivity index (χ1) is 4.79. The molecule has 0 bridgehead atoms. The summed E-state index contributed by atoms with van der Waals surface area (Å²) in [5, 5.41) is 0. The van der Waals surface area contributed by atoms with Gasteiger partial charge in [0.1, 0.15) is 0 Å². The molecule has 1 aliphatic carbocycles. The predicted molar refractivity (Wildman–Crippen MR) is 44.7 cm³/mol. The van der Waals surface area contributed by atoms with Gasteiger partial charge < -0.3 is 5.73 Å². The minimum absolute atomic E-state index is 0.333. The van der Waals surface area contributed by atoms with E-state index in [0.29, 0.717) is 12.0 Å². The smallest absolute Gasteiger partial charge is 0.0108 e. The molecule has 1 aliphatic rings. The zero-order valence-corrected chi connectivity index (χ0v) is 6.46. The summed E-state index contributed by atoms with van der Waals surface area (Å²) in [6, 6.07) is 0.333. The van der Waals surface area contributed by atoms with Gasteiger partial charge in [-0.05, 0) is 18.8 Å². The van der Waals surface area contributed by atoms with E-state index in [1.807, 2.05) is 0 Å². The second kappa shape index (κ2) is 3.57. The Kier molecular flexibility index (Phi) is 2.69. The van der Waals surface area contributed by atoms with E-state index in [9.17, 15) is 0 Å². The third kappa shape index (κ3) is 2.36. The Hall–Kier alpha value is -0.560. The minimum Gasteiger partial charge on any atom is -0.327 e. The Balaban J connectivity index is 2.50. The molecule has 1 heteroatoms. The van der Waals surface area contributed by atoms with Gasteiger partial charge in [0.2, 0.25) is 0 Å². The molecule has 0 aliphatic heterocycles. The van der Waals surface area contributed by atoms with Crippen molar-refractivity contribution in [3.63, 3.8) is 0 Å². The molecule has 0 aromatic heterocycles. The van der Waals surface area contributed by atoms with Crippen molar-refractivity contribution in [1.29, 1.82) is 0 Å². The van der Waals surface area contributed by atoms with Gasteiger partial charge >= 0.3 is 0 Å². The van der Waals surface area contributed by atoms with Gasteiger partial charge in [0.05, 0.1) is 0 Å². The van der Waals surface area contributed by atoms with E-state index in [1.165, 1.54) is 0 Å². The summed E-state index contributed by atoms with van der Waals surface area (Å²) in [6.45, 7) is 2.18. The molecule has 0 spiro atoms. The maximum atomic E-state index is 5.75. The van der Waals surface area contributed by atoms with Gasteiger partial charge in [0.25, 0.3) is 0 Å². The first-order valence-electron chi connectivity index (χ1n) is 3.88. The topological polar surface area (TPSA) is 26.0 Å². The van der Waals surface area contributed by atoms with Gasteiger partial charge in [-0.1, -0.05) is 31.2 Å². The van der Waals surface area contributed by atoms with E-state index >= 15 is 0 Å². The number of hydrogen-bond donors (Lipinski definition) is 1. The lowest BCUT2D eigenvalue weighted by atomic mass is 10.0. The summed E-state index contributed by atoms with van der Waals surface area (Å²) in [5.41, 5.74) is 5.75. The molecule has 0 radical (unpaired) electrons. The van der Waals surface area contributed by atoms with Gasteiger partial charge in [-0.3, -0.25) is 0 Å². The molecule has 0 amide bonds. The van der Waals surface area contributed by atoms with Crippen LogP contribution >= 0.6 is 0 Å². The van der Waals surface area contributed by atoms with E-state index in [4.69, 9.17) is 5.73 Å². The van der Waals surface area contributed by atoms with E-state index in [0.717, 1.165) is 12.8 Å². The maximum absolute atomic E-state index is 5.75. The molecule has 1 rings (SSSR count). The van der Waals surface area contributed by atoms with Crippen molar-refractivity contribution >= 4 is 0 Å². The fourth-order valence-electron chi connectivity index (χ4n) is 1.10. The van der Waals surface area contributed by atoms with Gasteiger partial charge in [-0.2, -0.15) is 0 Å². The van der Waals surface area contributed by atoms with E-state index in [-0.39, 0.29) is 0 Å². The Morgan fingerprint density at radius 2 is 1.70 bits per heavy atom. The fraction of sp³-hybridized carbons (Fsp3) is 0.556. The summed E-state index contributed by atoms with van der Waals surface area (Å²) in [7, 11) is 0. The molecular formula is C9H15N. The van der Waals surface area contributed by atoms with Crippen molar-refractivity contribution in [1.82, 2.24) is 0 Å². The second-order valence-electron chi connectivity index (χ2n) is 2.95. The Morgan fingerprint density at radius 1 is 1.20 bits per heavy atom. The molecule has 10 heavy (non-hydrogen) atoms. The Bertz CT molecular complexity index is 131. The molecule has 56 valence electrons. The largest absolute Gasteiger partial charge is 0.327 e. The molecule has 0 aromatic rings. The van der Waals surface area contributed by atoms with Gasteiger partial charge in [-0.15, -0.1) is 0 Å². The zero-order valence-electron chi connectivity index (χ0n) is 6.46. The van der Waals surface area contributed by atoms with Crippen molar-refractivity contribution in [2.75, 3.05) is 0 Å². The lowest BCUT2D eigenvalue weighted by Crippen LogP contribution is -2.18. The third-order valence-electron chi connectivity index (χ3n) is 1.76. The molecule has 0 aromatic carbocycles. The minimum atomic E-state index is 0.333. The SMILES string of the molecule is CC1C=CCC(N)CC=C1. The fourth-order valence-corrected chi connectivity index (χ4v) is 1.10. The highest BCUT2D eigenvalue weighted by atomic mass is 14.6. The molecular weight excluding hydrogens is 122 g/mol. The van der Waals surface area contributed by atoms with Gasteiger partial charge in [0.15, 0.2) is 0 Å². The lowest BCUT2D eigenvalue weighted by Gasteiger charge is -2.08. The van der Waals surface area contributed by atoms with Crippen LogP contribution < -0.4 is 5.73 Å². The molecule has 0 unspecified atom stereocenters. The van der Waals surface area contributed by atoms with Crippen LogP contribution in [0.25, 0.3) is 0 Å². The summed E-state index contributed by atoms with van der Waals surface area (Å²) >= 11 is 0. The molecule has 0 saturated heterocycles. The van der Waals surface area contributed by atoms with Crippen LogP contribution in [0.15, 0.2) is 24.3 Å². The summed E-state index contributed by atoms with van der Waals surface area (Å²) in [4.78, 5) is 0. The molecule has 0 fully saturated rings. The number of allylic oxidation sites excluding steroid dienone is 2. The third-order valence-corrected chi connectivity index (χ3v) is 1.76. The van der Waals surface area contributed by atoms with Crippen LogP contribution in [0.2, 0.25) is 0 Å². The number of hydrogen-bond acceptors (Lipinski definition) is 1. The number of nitrogens with two attached hydrogens (primary N) is 1. The summed E-state index contributed by atoms with van der Waals surface area (Å²) in [5.74, 6) is 0.590. The van der Waals surface area contributed by atoms with Crippen molar-refractivity contribution in [2.45, 2.75) is 25.8 Å². The van der Waals surface area contributed by atoms with Crippen LogP contribution in [0.3, 0.4) is 0 Å². The Labute approximate surface area is 62.6 Å². The summed E-state index contributed by atoms with van der Waals surface area (Å²) < 4.78 is 0. The van der Waals surface area contributed by atoms with Crippen LogP contribution in [-0.2, 0) is 0 Å². The highest BCUT2D eigenvalue weighted by molar-refractivity contribution is 5.03. The van der Waals surface area contributed by atoms with Gasteiger partial charge in [-0.25, -0.2) is 0 Å². The predicted octanol–water partition coefficient (Wildman–Crippen LogP) is 1.86. The first kappa shape index (κ1) is 7.55. The molecule has 1 nitrogen and oxygen atoms in total. The zero-order chi connectivity index (χ0) is 7.40. The van der Waals surface area contributed by atoms with Crippen LogP contribution in [0, 0.1) is 5.92 Å². The average Bonchev–Trinajstić information content (AvgIpc) is 1.84. The van der Waals surface area contributed by atoms with E-state index < -0.39 is 0 Å². The quantitative estimate of drug-likeness (QED) is 0.507. The van der Waals surface area contributed by atoms with Crippen molar-refractivity contribution in [2.24, 2.45) is 11.7 Å². The monoisotopic (exact) mass is 137 g/mol. The number of rotatable bonds is 0. The van der Waals surface area contributed by atoms with E-state index in [1.54, 1.807) is 0 Å². The van der Waals surface area contributed by atoms with Crippen molar-refractivity contribution in [3.8, 4) is 0 Å². The highest BCUT2D eigenvalue weighted by Gasteiger charge is 1.99.